The Hall–Kier alpha value is -4.17. The number of rotatable bonds is 14. The van der Waals surface area contributed by atoms with Crippen molar-refractivity contribution in [1.82, 2.24) is 31.1 Å². The number of ketones is 1. The highest BCUT2D eigenvalue weighted by Gasteiger charge is 2.47. The van der Waals surface area contributed by atoms with Gasteiger partial charge in [0.15, 0.2) is 0 Å². The molecule has 15 nitrogen and oxygen atoms in total. The minimum absolute atomic E-state index is 0.0242. The molecule has 1 unspecified atom stereocenters. The van der Waals surface area contributed by atoms with Crippen LogP contribution in [-0.2, 0) is 28.7 Å². The summed E-state index contributed by atoms with van der Waals surface area (Å²) in [6.45, 7) is 17.9. The van der Waals surface area contributed by atoms with Crippen molar-refractivity contribution in [2.24, 2.45) is 22.0 Å². The standard InChI is InChI=1S/C36H59N7O8/c1-10-11-12-23(27(45)30(47)38-21-13-14-21)39-29(46)24-17-22(51-32(37)49)19-43(24)31(48)28(35(5,6)7)41-33(50)40-25(34(2,3)4)20-42-16-15-36(8,9)18-26(42)44/h13,22-25,28H,10-12,14-20H2,1-9H3,(H2,37,49)(H,38,47)(H,39,46)(H2,40,41,50)/t22-,23?,24+,25-,28-/m1/s1. The quantitative estimate of drug-likeness (QED) is 0.168. The fraction of sp³-hybridized carbons (Fsp3) is 0.750. The highest BCUT2D eigenvalue weighted by molar-refractivity contribution is 6.38. The Morgan fingerprint density at radius 2 is 1.67 bits per heavy atom. The molecule has 2 aliphatic heterocycles. The summed E-state index contributed by atoms with van der Waals surface area (Å²) in [4.78, 5) is 95.1. The van der Waals surface area contributed by atoms with Gasteiger partial charge in [-0.05, 0) is 29.1 Å². The highest BCUT2D eigenvalue weighted by Crippen LogP contribution is 2.32. The number of hydrogen-bond acceptors (Lipinski definition) is 8. The van der Waals surface area contributed by atoms with Crippen molar-refractivity contribution in [2.75, 3.05) is 19.6 Å². The number of carbonyl (C=O) groups is 7. The lowest BCUT2D eigenvalue weighted by Gasteiger charge is -2.41. The number of ether oxygens (including phenoxy) is 1. The summed E-state index contributed by atoms with van der Waals surface area (Å²) in [5.41, 5.74) is 4.54. The molecule has 1 aliphatic carbocycles. The molecule has 0 spiro atoms. The van der Waals surface area contributed by atoms with E-state index in [-0.39, 0.29) is 30.7 Å². The third-order valence-electron chi connectivity index (χ3n) is 9.70. The molecule has 2 saturated heterocycles. The van der Waals surface area contributed by atoms with Gasteiger partial charge >= 0.3 is 12.1 Å². The average Bonchev–Trinajstić information content (AvgIpc) is 3.72. The van der Waals surface area contributed by atoms with Crippen LogP contribution < -0.4 is 27.0 Å². The predicted octanol–water partition coefficient (Wildman–Crippen LogP) is 2.48. The van der Waals surface area contributed by atoms with E-state index in [0.29, 0.717) is 44.5 Å². The van der Waals surface area contributed by atoms with Gasteiger partial charge in [-0.1, -0.05) is 81.2 Å². The number of carbonyl (C=O) groups excluding carboxylic acids is 7. The van der Waals surface area contributed by atoms with E-state index in [1.165, 1.54) is 4.90 Å². The molecule has 0 saturated carbocycles. The molecule has 7 amide bonds. The zero-order valence-corrected chi connectivity index (χ0v) is 31.8. The summed E-state index contributed by atoms with van der Waals surface area (Å²) in [6.07, 6.45) is 2.95. The molecule has 0 aromatic rings. The first-order valence-electron chi connectivity index (χ1n) is 18.0. The zero-order valence-electron chi connectivity index (χ0n) is 31.8. The summed E-state index contributed by atoms with van der Waals surface area (Å²) in [6, 6.07) is -4.56. The van der Waals surface area contributed by atoms with Crippen LogP contribution >= 0.6 is 0 Å². The predicted molar refractivity (Wildman–Crippen MR) is 190 cm³/mol. The van der Waals surface area contributed by atoms with E-state index < -0.39 is 76.7 Å². The minimum atomic E-state index is -1.20. The molecule has 0 aromatic carbocycles. The number of amides is 7. The Bertz CT molecular complexity index is 1400. The average molecular weight is 718 g/mol. The number of nitrogens with zero attached hydrogens (tertiary/aromatic N) is 2. The van der Waals surface area contributed by atoms with Crippen molar-refractivity contribution in [2.45, 2.75) is 138 Å². The lowest BCUT2D eigenvalue weighted by Crippen LogP contribution is -2.62. The topological polar surface area (TPSA) is 209 Å². The van der Waals surface area contributed by atoms with E-state index in [2.05, 4.69) is 35.1 Å². The molecular weight excluding hydrogens is 658 g/mol. The number of likely N-dealkylation sites (tertiary alicyclic amines) is 2. The van der Waals surface area contributed by atoms with E-state index in [4.69, 9.17) is 10.5 Å². The second-order valence-corrected chi connectivity index (χ2v) is 17.0. The fourth-order valence-corrected chi connectivity index (χ4v) is 6.27. The van der Waals surface area contributed by atoms with Gasteiger partial charge in [0.05, 0.1) is 18.6 Å². The van der Waals surface area contributed by atoms with Crippen LogP contribution in [0.3, 0.4) is 0 Å². The molecule has 286 valence electrons. The number of nitrogens with one attached hydrogen (secondary N) is 4. The Labute approximate surface area is 301 Å². The normalized spacial score (nSPS) is 21.8. The number of urea groups is 1. The maximum Gasteiger partial charge on any atom is 0.404 e. The van der Waals surface area contributed by atoms with Gasteiger partial charge in [0.2, 0.25) is 23.5 Å². The summed E-state index contributed by atoms with van der Waals surface area (Å²) in [5.74, 6) is -2.93. The molecule has 0 radical (unpaired) electrons. The van der Waals surface area contributed by atoms with E-state index in [1.54, 1.807) is 31.7 Å². The van der Waals surface area contributed by atoms with Crippen molar-refractivity contribution >= 4 is 41.5 Å². The first-order valence-corrected chi connectivity index (χ1v) is 18.0. The second kappa shape index (κ2) is 16.4. The molecule has 2 heterocycles. The highest BCUT2D eigenvalue weighted by atomic mass is 16.6. The first kappa shape index (κ1) is 41.3. The monoisotopic (exact) mass is 717 g/mol. The number of piperidine rings is 1. The van der Waals surface area contributed by atoms with Crippen LogP contribution in [-0.4, -0.2) is 101 Å². The lowest BCUT2D eigenvalue weighted by molar-refractivity contribution is -0.143. The van der Waals surface area contributed by atoms with Crippen molar-refractivity contribution in [3.8, 4) is 0 Å². The SMILES string of the molecule is CCCCC(NC(=O)[C@@H]1C[C@@H](OC(N)=O)CN1C(=O)[C@@H](NC(=O)N[C@H](CN1CCC(C)(C)CC1=O)C(C)(C)C)C(C)(C)C)C(=O)C(=O)NC1=CC1. The van der Waals surface area contributed by atoms with Crippen LogP contribution in [0.2, 0.25) is 0 Å². The van der Waals surface area contributed by atoms with Crippen molar-refractivity contribution in [3.63, 3.8) is 0 Å². The molecule has 15 heteroatoms. The van der Waals surface area contributed by atoms with E-state index in [0.717, 1.165) is 6.42 Å². The van der Waals surface area contributed by atoms with Gasteiger partial charge in [0.1, 0.15) is 18.2 Å². The van der Waals surface area contributed by atoms with Crippen LogP contribution in [0.4, 0.5) is 9.59 Å². The van der Waals surface area contributed by atoms with Gasteiger partial charge in [-0.15, -0.1) is 0 Å². The van der Waals surface area contributed by atoms with Crippen LogP contribution in [0.25, 0.3) is 0 Å². The molecule has 2 fully saturated rings. The molecule has 3 rings (SSSR count). The molecule has 3 aliphatic rings. The smallest absolute Gasteiger partial charge is 0.404 e. The number of Topliss-reactive ketones (excluding diaryl/α,β-unsaturated/α-hetero) is 1. The summed E-state index contributed by atoms with van der Waals surface area (Å²) in [5, 5.41) is 11.0. The summed E-state index contributed by atoms with van der Waals surface area (Å²) < 4.78 is 5.20. The summed E-state index contributed by atoms with van der Waals surface area (Å²) in [7, 11) is 0. The van der Waals surface area contributed by atoms with E-state index in [1.807, 2.05) is 27.7 Å². The van der Waals surface area contributed by atoms with Gasteiger partial charge in [-0.2, -0.15) is 0 Å². The van der Waals surface area contributed by atoms with Crippen molar-refractivity contribution < 1.29 is 38.3 Å². The number of primary amides is 1. The lowest BCUT2D eigenvalue weighted by atomic mass is 9.81. The number of hydrogen-bond donors (Lipinski definition) is 5. The third-order valence-corrected chi connectivity index (χ3v) is 9.70. The molecule has 5 atom stereocenters. The first-order chi connectivity index (χ1) is 23.5. The summed E-state index contributed by atoms with van der Waals surface area (Å²) >= 11 is 0. The van der Waals surface area contributed by atoms with Crippen molar-refractivity contribution in [3.05, 3.63) is 11.8 Å². The Morgan fingerprint density at radius 3 is 2.20 bits per heavy atom. The number of nitrogens with two attached hydrogens (primary N) is 1. The van der Waals surface area contributed by atoms with Crippen molar-refractivity contribution in [1.29, 1.82) is 0 Å². The number of unbranched alkanes of at least 4 members (excludes halogenated alkanes) is 1. The maximum atomic E-state index is 14.3. The molecule has 51 heavy (non-hydrogen) atoms. The van der Waals surface area contributed by atoms with Crippen LogP contribution in [0.5, 0.6) is 0 Å². The minimum Gasteiger partial charge on any atom is -0.444 e. The van der Waals surface area contributed by atoms with Gasteiger partial charge in [0, 0.05) is 38.0 Å². The maximum absolute atomic E-state index is 14.3. The third kappa shape index (κ3) is 12.0. The largest absolute Gasteiger partial charge is 0.444 e. The van der Waals surface area contributed by atoms with Gasteiger partial charge in [-0.3, -0.25) is 24.0 Å². The molecule has 0 bridgehead atoms. The molecular formula is C36H59N7O8. The van der Waals surface area contributed by atoms with Gasteiger partial charge < -0.3 is 41.5 Å². The van der Waals surface area contributed by atoms with E-state index in [9.17, 15) is 33.6 Å². The van der Waals surface area contributed by atoms with Crippen LogP contribution in [0.1, 0.15) is 107 Å². The Morgan fingerprint density at radius 1 is 1.02 bits per heavy atom. The fourth-order valence-electron chi connectivity index (χ4n) is 6.27. The zero-order chi connectivity index (χ0) is 38.5. The van der Waals surface area contributed by atoms with Crippen LogP contribution in [0, 0.1) is 16.2 Å². The molecule has 6 N–H and O–H groups in total. The van der Waals surface area contributed by atoms with Crippen LogP contribution in [0.15, 0.2) is 11.8 Å². The molecule has 0 aromatic heterocycles. The second-order valence-electron chi connectivity index (χ2n) is 17.0. The number of allylic oxidation sites excluding steroid dienone is 2. The van der Waals surface area contributed by atoms with Gasteiger partial charge in [-0.25, -0.2) is 9.59 Å². The van der Waals surface area contributed by atoms with E-state index >= 15 is 0 Å². The Kier molecular flexibility index (Phi) is 13.3. The van der Waals surface area contributed by atoms with Gasteiger partial charge in [0.25, 0.3) is 5.91 Å². The Balaban J connectivity index is 1.81.